The van der Waals surface area contributed by atoms with Crippen LogP contribution in [-0.4, -0.2) is 19.1 Å². The van der Waals surface area contributed by atoms with Crippen LogP contribution in [0.15, 0.2) is 199 Å². The summed E-state index contributed by atoms with van der Waals surface area (Å²) in [5.41, 5.74) is 12.5. The molecule has 5 nitrogen and oxygen atoms in total. The number of fused-ring (bicyclic) bond motifs is 9. The molecular weight excluding hydrogens is 697 g/mol. The van der Waals surface area contributed by atoms with E-state index in [-0.39, 0.29) is 0 Å². The summed E-state index contributed by atoms with van der Waals surface area (Å²) in [6, 6.07) is 68.3. The lowest BCUT2D eigenvalue weighted by Crippen LogP contribution is -2.07. The van der Waals surface area contributed by atoms with Crippen molar-refractivity contribution in [1.82, 2.24) is 19.1 Å². The van der Waals surface area contributed by atoms with Gasteiger partial charge < -0.3 is 13.6 Å². The van der Waals surface area contributed by atoms with Gasteiger partial charge in [-0.1, -0.05) is 152 Å². The molecule has 0 radical (unpaired) electrons. The summed E-state index contributed by atoms with van der Waals surface area (Å²) in [6.45, 7) is 0. The lowest BCUT2D eigenvalue weighted by atomic mass is 9.99. The molecule has 5 heteroatoms. The minimum Gasteiger partial charge on any atom is -0.455 e. The number of hydrogen-bond donors (Lipinski definition) is 0. The van der Waals surface area contributed by atoms with Crippen LogP contribution in [0.3, 0.4) is 0 Å². The van der Waals surface area contributed by atoms with Crippen LogP contribution in [-0.2, 0) is 0 Å². The van der Waals surface area contributed by atoms with E-state index in [0.29, 0.717) is 5.82 Å². The standard InChI is InChI=1S/C52H32N4O/c1-3-17-33(18-4-1)41-32-42(54-52(53-41)34-19-5-2-6-20-34)49-50(56-45-28-14-9-23-37(45)38-24-10-15-29-46(38)56)47(31-40-39-25-11-16-30-48(39)57-51(40)49)55-43-26-12-7-21-35(43)36-22-8-13-27-44(36)55/h1-32H. The van der Waals surface area contributed by atoms with Gasteiger partial charge in [0.15, 0.2) is 5.82 Å². The third-order valence-corrected chi connectivity index (χ3v) is 11.3. The molecule has 0 unspecified atom stereocenters. The maximum atomic E-state index is 7.06. The second-order valence-corrected chi connectivity index (χ2v) is 14.5. The Hall–Kier alpha value is -7.76. The maximum absolute atomic E-state index is 7.06. The Morgan fingerprint density at radius 1 is 0.368 bits per heavy atom. The van der Waals surface area contributed by atoms with Crippen LogP contribution in [0.1, 0.15) is 0 Å². The predicted octanol–water partition coefficient (Wildman–Crippen LogP) is 13.6. The molecule has 12 aromatic rings. The molecule has 0 aliphatic carbocycles. The van der Waals surface area contributed by atoms with E-state index in [2.05, 4.69) is 173 Å². The Balaban J connectivity index is 1.35. The predicted molar refractivity (Wildman–Crippen MR) is 234 cm³/mol. The minimum atomic E-state index is 0.645. The number of para-hydroxylation sites is 5. The van der Waals surface area contributed by atoms with Gasteiger partial charge in [0.2, 0.25) is 0 Å². The normalized spacial score (nSPS) is 11.9. The summed E-state index contributed by atoms with van der Waals surface area (Å²) in [7, 11) is 0. The largest absolute Gasteiger partial charge is 0.455 e. The van der Waals surface area contributed by atoms with Crippen LogP contribution in [0, 0.1) is 0 Å². The summed E-state index contributed by atoms with van der Waals surface area (Å²) in [4.78, 5) is 10.7. The molecule has 0 fully saturated rings. The van der Waals surface area contributed by atoms with Crippen LogP contribution in [0.4, 0.5) is 0 Å². The molecule has 0 amide bonds. The summed E-state index contributed by atoms with van der Waals surface area (Å²) < 4.78 is 11.9. The van der Waals surface area contributed by atoms with Gasteiger partial charge in [-0.15, -0.1) is 0 Å². The molecule has 0 atom stereocenters. The van der Waals surface area contributed by atoms with Crippen molar-refractivity contribution < 1.29 is 4.42 Å². The van der Waals surface area contributed by atoms with Crippen LogP contribution in [0.5, 0.6) is 0 Å². The van der Waals surface area contributed by atoms with Crippen molar-refractivity contribution in [2.24, 2.45) is 0 Å². The van der Waals surface area contributed by atoms with Gasteiger partial charge in [-0.05, 0) is 42.5 Å². The highest BCUT2D eigenvalue weighted by Crippen LogP contribution is 2.47. The lowest BCUT2D eigenvalue weighted by molar-refractivity contribution is 0.669. The van der Waals surface area contributed by atoms with E-state index in [0.717, 1.165) is 83.5 Å². The van der Waals surface area contributed by atoms with Crippen LogP contribution >= 0.6 is 0 Å². The zero-order valence-electron chi connectivity index (χ0n) is 30.7. The first-order valence-corrected chi connectivity index (χ1v) is 19.3. The highest BCUT2D eigenvalue weighted by atomic mass is 16.3. The first-order chi connectivity index (χ1) is 28.3. The molecule has 12 rings (SSSR count). The Bertz CT molecular complexity index is 3360. The van der Waals surface area contributed by atoms with Crippen molar-refractivity contribution in [2.45, 2.75) is 0 Å². The molecule has 266 valence electrons. The van der Waals surface area contributed by atoms with Crippen LogP contribution in [0.25, 0.3) is 111 Å². The topological polar surface area (TPSA) is 48.8 Å². The summed E-state index contributed by atoms with van der Waals surface area (Å²) >= 11 is 0. The lowest BCUT2D eigenvalue weighted by Gasteiger charge is -2.21. The van der Waals surface area contributed by atoms with E-state index in [1.165, 1.54) is 21.5 Å². The van der Waals surface area contributed by atoms with Gasteiger partial charge in [0.1, 0.15) is 11.2 Å². The van der Waals surface area contributed by atoms with E-state index in [1.807, 2.05) is 30.3 Å². The Morgan fingerprint density at radius 2 is 0.825 bits per heavy atom. The van der Waals surface area contributed by atoms with Gasteiger partial charge in [-0.25, -0.2) is 9.97 Å². The zero-order valence-corrected chi connectivity index (χ0v) is 30.7. The second kappa shape index (κ2) is 12.4. The van der Waals surface area contributed by atoms with E-state index < -0.39 is 0 Å². The molecule has 0 bridgehead atoms. The number of benzene rings is 8. The van der Waals surface area contributed by atoms with Crippen molar-refractivity contribution in [3.8, 4) is 45.3 Å². The maximum Gasteiger partial charge on any atom is 0.160 e. The SMILES string of the molecule is c1ccc(-c2cc(-c3c(-n4c5ccccc5c5ccccc54)c(-n4c5ccccc5c5ccccc54)cc4c3oc3ccccc34)nc(-c3ccccc3)n2)cc1. The smallest absolute Gasteiger partial charge is 0.160 e. The molecule has 0 N–H and O–H groups in total. The van der Waals surface area contributed by atoms with Gasteiger partial charge in [0.25, 0.3) is 0 Å². The highest BCUT2D eigenvalue weighted by molar-refractivity contribution is 6.17. The molecule has 0 saturated carbocycles. The van der Waals surface area contributed by atoms with E-state index in [1.54, 1.807) is 0 Å². The van der Waals surface area contributed by atoms with Crippen LogP contribution < -0.4 is 0 Å². The Morgan fingerprint density at radius 3 is 1.40 bits per heavy atom. The quantitative estimate of drug-likeness (QED) is 0.177. The van der Waals surface area contributed by atoms with Gasteiger partial charge in [0, 0.05) is 43.4 Å². The molecule has 4 heterocycles. The Kier molecular flexibility index (Phi) is 6.86. The monoisotopic (exact) mass is 728 g/mol. The van der Waals surface area contributed by atoms with Crippen molar-refractivity contribution in [1.29, 1.82) is 0 Å². The van der Waals surface area contributed by atoms with Crippen molar-refractivity contribution in [2.75, 3.05) is 0 Å². The summed E-state index contributed by atoms with van der Waals surface area (Å²) in [5.74, 6) is 0.645. The average molecular weight is 729 g/mol. The van der Waals surface area contributed by atoms with E-state index >= 15 is 0 Å². The number of nitrogens with zero attached hydrogens (tertiary/aromatic N) is 4. The molecule has 0 saturated heterocycles. The third-order valence-electron chi connectivity index (χ3n) is 11.3. The van der Waals surface area contributed by atoms with Crippen molar-refractivity contribution in [3.63, 3.8) is 0 Å². The molecule has 4 aromatic heterocycles. The minimum absolute atomic E-state index is 0.645. The number of furan rings is 1. The first-order valence-electron chi connectivity index (χ1n) is 19.3. The van der Waals surface area contributed by atoms with Crippen LogP contribution in [0.2, 0.25) is 0 Å². The average Bonchev–Trinajstić information content (AvgIpc) is 3.94. The fraction of sp³-hybridized carbons (Fsp3) is 0. The summed E-state index contributed by atoms with van der Waals surface area (Å²) in [6.07, 6.45) is 0. The van der Waals surface area contributed by atoms with Crippen molar-refractivity contribution in [3.05, 3.63) is 194 Å². The molecule has 0 aliphatic heterocycles. The van der Waals surface area contributed by atoms with Crippen molar-refractivity contribution >= 4 is 65.6 Å². The second-order valence-electron chi connectivity index (χ2n) is 14.5. The summed E-state index contributed by atoms with van der Waals surface area (Å²) in [5, 5.41) is 6.80. The fourth-order valence-corrected chi connectivity index (χ4v) is 8.86. The molecular formula is C52H32N4O. The number of rotatable bonds is 5. The number of hydrogen-bond acceptors (Lipinski definition) is 3. The van der Waals surface area contributed by atoms with Gasteiger partial charge in [-0.2, -0.15) is 0 Å². The van der Waals surface area contributed by atoms with Gasteiger partial charge >= 0.3 is 0 Å². The third kappa shape index (κ3) is 4.76. The van der Waals surface area contributed by atoms with Gasteiger partial charge in [-0.3, -0.25) is 0 Å². The molecule has 0 spiro atoms. The fourth-order valence-electron chi connectivity index (χ4n) is 8.86. The number of aromatic nitrogens is 4. The van der Waals surface area contributed by atoms with E-state index in [4.69, 9.17) is 14.4 Å². The van der Waals surface area contributed by atoms with Gasteiger partial charge in [0.05, 0.1) is 50.4 Å². The zero-order chi connectivity index (χ0) is 37.5. The first kappa shape index (κ1) is 31.6. The Labute approximate surface area is 327 Å². The molecule has 8 aromatic carbocycles. The molecule has 0 aliphatic rings. The van der Waals surface area contributed by atoms with E-state index in [9.17, 15) is 0 Å². The molecule has 57 heavy (non-hydrogen) atoms. The highest BCUT2D eigenvalue weighted by Gasteiger charge is 2.28.